The molecule has 30 heavy (non-hydrogen) atoms. The molecule has 0 aromatic carbocycles. The number of rotatable bonds is 7. The topological polar surface area (TPSA) is 78.9 Å². The Morgan fingerprint density at radius 3 is 1.07 bits per heavy atom. The lowest BCUT2D eigenvalue weighted by molar-refractivity contribution is -0.193. The van der Waals surface area contributed by atoms with Gasteiger partial charge in [-0.3, -0.25) is 14.4 Å². The molecule has 3 saturated carbocycles. The minimum atomic E-state index is -2.01. The van der Waals surface area contributed by atoms with Gasteiger partial charge in [-0.2, -0.15) is 0 Å². The molecule has 170 valence electrons. The van der Waals surface area contributed by atoms with Gasteiger partial charge in [0.1, 0.15) is 18.3 Å². The van der Waals surface area contributed by atoms with Crippen LogP contribution in [0.3, 0.4) is 0 Å². The number of esters is 3. The van der Waals surface area contributed by atoms with E-state index in [-0.39, 0.29) is 24.7 Å². The molecule has 3 aliphatic rings. The normalized spacial score (nSPS) is 22.3. The van der Waals surface area contributed by atoms with Gasteiger partial charge in [0.15, 0.2) is 0 Å². The number of hydrogen-bond donors (Lipinski definition) is 0. The summed E-state index contributed by atoms with van der Waals surface area (Å²) in [6.45, 7) is 1.67. The quantitative estimate of drug-likeness (QED) is 0.326. The highest BCUT2D eigenvalue weighted by Crippen LogP contribution is 2.34. The average molecular weight is 423 g/mol. The van der Waals surface area contributed by atoms with Gasteiger partial charge >= 0.3 is 17.9 Å². The van der Waals surface area contributed by atoms with E-state index in [1.165, 1.54) is 0 Å². The van der Waals surface area contributed by atoms with Crippen molar-refractivity contribution >= 4 is 17.9 Å². The second-order valence-corrected chi connectivity index (χ2v) is 9.25. The maximum Gasteiger partial charge on any atom is 0.335 e. The van der Waals surface area contributed by atoms with Gasteiger partial charge in [-0.25, -0.2) is 0 Å². The molecule has 0 bridgehead atoms. The van der Waals surface area contributed by atoms with Crippen LogP contribution in [0.5, 0.6) is 0 Å². The van der Waals surface area contributed by atoms with Crippen LogP contribution >= 0.6 is 0 Å². The van der Waals surface area contributed by atoms with Crippen molar-refractivity contribution < 1.29 is 28.6 Å². The van der Waals surface area contributed by atoms with Gasteiger partial charge in [0.2, 0.25) is 0 Å². The second kappa shape index (κ2) is 11.1. The molecular weight excluding hydrogens is 384 g/mol. The van der Waals surface area contributed by atoms with E-state index in [4.69, 9.17) is 14.2 Å². The first kappa shape index (κ1) is 23.1. The minimum Gasteiger partial charge on any atom is -0.461 e. The Kier molecular flexibility index (Phi) is 8.58. The van der Waals surface area contributed by atoms with Crippen LogP contribution in [-0.4, -0.2) is 36.2 Å². The number of carbonyl (C=O) groups is 3. The molecule has 0 saturated heterocycles. The lowest BCUT2D eigenvalue weighted by atomic mass is 9.84. The van der Waals surface area contributed by atoms with Crippen molar-refractivity contribution in [2.75, 3.05) is 0 Å². The molecular formula is C24H38O6. The summed E-state index contributed by atoms with van der Waals surface area (Å²) in [5.74, 6) is -2.34. The number of ether oxygens (including phenoxy) is 3. The Bertz CT molecular complexity index is 504. The molecule has 0 aromatic heterocycles. The summed E-state index contributed by atoms with van der Waals surface area (Å²) in [4.78, 5) is 39.9. The van der Waals surface area contributed by atoms with Crippen molar-refractivity contribution in [3.63, 3.8) is 0 Å². The molecule has 0 aromatic rings. The third-order valence-electron chi connectivity index (χ3n) is 7.05. The molecule has 0 heterocycles. The van der Waals surface area contributed by atoms with Crippen LogP contribution in [-0.2, 0) is 28.6 Å². The Balaban J connectivity index is 1.77. The van der Waals surface area contributed by atoms with E-state index in [9.17, 15) is 14.4 Å². The Labute approximate surface area is 180 Å². The Hall–Kier alpha value is -1.59. The van der Waals surface area contributed by atoms with Crippen molar-refractivity contribution in [3.8, 4) is 0 Å². The van der Waals surface area contributed by atoms with Crippen molar-refractivity contribution in [2.24, 2.45) is 5.41 Å². The van der Waals surface area contributed by atoms with Gasteiger partial charge in [-0.1, -0.05) is 26.2 Å². The van der Waals surface area contributed by atoms with Gasteiger partial charge in [0.25, 0.3) is 5.41 Å². The van der Waals surface area contributed by atoms with Gasteiger partial charge in [0.05, 0.1) is 0 Å². The van der Waals surface area contributed by atoms with E-state index in [1.807, 2.05) is 0 Å². The molecule has 0 spiro atoms. The summed E-state index contributed by atoms with van der Waals surface area (Å²) < 4.78 is 17.2. The maximum absolute atomic E-state index is 13.3. The van der Waals surface area contributed by atoms with E-state index in [0.29, 0.717) is 0 Å². The standard InChI is InChI=1S/C24H38O6/c1-2-24(21(25)28-18-12-6-3-7-13-18,22(26)29-19-14-8-4-9-15-19)23(27)30-20-16-10-5-11-17-20/h18-20H,2-17H2,1H3. The van der Waals surface area contributed by atoms with Gasteiger partial charge < -0.3 is 14.2 Å². The van der Waals surface area contributed by atoms with Crippen LogP contribution in [0.4, 0.5) is 0 Å². The van der Waals surface area contributed by atoms with Crippen molar-refractivity contribution in [1.82, 2.24) is 0 Å². The summed E-state index contributed by atoms with van der Waals surface area (Å²) in [7, 11) is 0. The number of hydrogen-bond acceptors (Lipinski definition) is 6. The van der Waals surface area contributed by atoms with E-state index in [0.717, 1.165) is 96.3 Å². The maximum atomic E-state index is 13.3. The summed E-state index contributed by atoms with van der Waals surface area (Å²) in [5.41, 5.74) is -2.01. The second-order valence-electron chi connectivity index (χ2n) is 9.25. The van der Waals surface area contributed by atoms with Crippen LogP contribution in [0.2, 0.25) is 0 Å². The van der Waals surface area contributed by atoms with Gasteiger partial charge in [-0.05, 0) is 83.5 Å². The highest BCUT2D eigenvalue weighted by Gasteiger charge is 2.57. The number of carbonyl (C=O) groups excluding carboxylic acids is 3. The van der Waals surface area contributed by atoms with Crippen molar-refractivity contribution in [3.05, 3.63) is 0 Å². The molecule has 0 amide bonds. The summed E-state index contributed by atoms with van der Waals surface area (Å²) in [6, 6.07) is 0. The van der Waals surface area contributed by atoms with Crippen LogP contribution < -0.4 is 0 Å². The summed E-state index contributed by atoms with van der Waals surface area (Å²) >= 11 is 0. The van der Waals surface area contributed by atoms with Crippen molar-refractivity contribution in [2.45, 2.75) is 128 Å². The Morgan fingerprint density at radius 1 is 0.567 bits per heavy atom. The average Bonchev–Trinajstić information content (AvgIpc) is 2.77. The molecule has 6 nitrogen and oxygen atoms in total. The zero-order chi connectivity index (χ0) is 21.4. The fraction of sp³-hybridized carbons (Fsp3) is 0.875. The molecule has 0 aliphatic heterocycles. The summed E-state index contributed by atoms with van der Waals surface area (Å²) in [5, 5.41) is 0. The van der Waals surface area contributed by atoms with Crippen LogP contribution in [0.25, 0.3) is 0 Å². The van der Waals surface area contributed by atoms with Gasteiger partial charge in [-0.15, -0.1) is 0 Å². The first-order valence-corrected chi connectivity index (χ1v) is 12.2. The van der Waals surface area contributed by atoms with Crippen molar-refractivity contribution in [1.29, 1.82) is 0 Å². The van der Waals surface area contributed by atoms with E-state index >= 15 is 0 Å². The van der Waals surface area contributed by atoms with E-state index in [2.05, 4.69) is 0 Å². The molecule has 0 atom stereocenters. The zero-order valence-electron chi connectivity index (χ0n) is 18.5. The lowest BCUT2D eigenvalue weighted by Gasteiger charge is -2.33. The lowest BCUT2D eigenvalue weighted by Crippen LogP contribution is -2.51. The highest BCUT2D eigenvalue weighted by molar-refractivity contribution is 6.18. The molecule has 0 radical (unpaired) electrons. The third-order valence-corrected chi connectivity index (χ3v) is 7.05. The fourth-order valence-electron chi connectivity index (χ4n) is 4.99. The smallest absolute Gasteiger partial charge is 0.335 e. The largest absolute Gasteiger partial charge is 0.461 e. The van der Waals surface area contributed by atoms with Crippen LogP contribution in [0, 0.1) is 5.41 Å². The SMILES string of the molecule is CCC(C(=O)OC1CCCCC1)(C(=O)OC1CCCCC1)C(=O)OC1CCCCC1. The monoisotopic (exact) mass is 422 g/mol. The van der Waals surface area contributed by atoms with Crippen LogP contribution in [0.1, 0.15) is 110 Å². The predicted octanol–water partition coefficient (Wildman–Crippen LogP) is 5.01. The first-order chi connectivity index (χ1) is 14.6. The van der Waals surface area contributed by atoms with Gasteiger partial charge in [0, 0.05) is 0 Å². The van der Waals surface area contributed by atoms with E-state index < -0.39 is 23.3 Å². The molecule has 0 unspecified atom stereocenters. The molecule has 6 heteroatoms. The third kappa shape index (κ3) is 5.55. The summed E-state index contributed by atoms with van der Waals surface area (Å²) in [6.07, 6.45) is 13.3. The minimum absolute atomic E-state index is 0.00431. The van der Waals surface area contributed by atoms with E-state index in [1.54, 1.807) is 6.92 Å². The van der Waals surface area contributed by atoms with Crippen LogP contribution in [0.15, 0.2) is 0 Å². The zero-order valence-corrected chi connectivity index (χ0v) is 18.5. The first-order valence-electron chi connectivity index (χ1n) is 12.2. The molecule has 0 N–H and O–H groups in total. The molecule has 3 rings (SSSR count). The highest BCUT2D eigenvalue weighted by atomic mass is 16.6. The molecule has 3 aliphatic carbocycles. The predicted molar refractivity (Wildman–Crippen MR) is 112 cm³/mol. The fourth-order valence-corrected chi connectivity index (χ4v) is 4.99. The Morgan fingerprint density at radius 2 is 0.833 bits per heavy atom. The molecule has 3 fully saturated rings.